The number of amides is 2. The fourth-order valence-electron chi connectivity index (χ4n) is 3.64. The number of carbonyl (C=O) groups is 2. The number of hydrogen-bond donors (Lipinski definition) is 1. The molecule has 1 aliphatic carbocycles. The van der Waals surface area contributed by atoms with Gasteiger partial charge in [-0.1, -0.05) is 5.16 Å². The molecule has 3 heterocycles. The van der Waals surface area contributed by atoms with Crippen LogP contribution in [0.3, 0.4) is 0 Å². The van der Waals surface area contributed by atoms with E-state index >= 15 is 0 Å². The van der Waals surface area contributed by atoms with Crippen molar-refractivity contribution in [3.8, 4) is 16.5 Å². The van der Waals surface area contributed by atoms with Gasteiger partial charge in [0.15, 0.2) is 0 Å². The summed E-state index contributed by atoms with van der Waals surface area (Å²) in [6.07, 6.45) is 2.32. The standard InChI is InChI=1S/C22H22N4O4S/c1-29-16-6-4-15(5-7-16)26-12-14(10-19(26)27)22-24-20(25-30-22)18-9-8-17(31-18)11-23-21(28)13-2-3-13/h4-9,13-14H,2-3,10-12H2,1H3,(H,23,28)/t14-/m1/s1. The lowest BCUT2D eigenvalue weighted by Gasteiger charge is -2.16. The Bertz CT molecular complexity index is 1100. The Morgan fingerprint density at radius 2 is 2.06 bits per heavy atom. The summed E-state index contributed by atoms with van der Waals surface area (Å²) in [7, 11) is 1.61. The predicted octanol–water partition coefficient (Wildman–Crippen LogP) is 3.35. The summed E-state index contributed by atoms with van der Waals surface area (Å²) in [5, 5.41) is 7.08. The summed E-state index contributed by atoms with van der Waals surface area (Å²) >= 11 is 1.53. The van der Waals surface area contributed by atoms with Crippen molar-refractivity contribution in [2.75, 3.05) is 18.6 Å². The van der Waals surface area contributed by atoms with Crippen LogP contribution in [0.1, 0.15) is 35.9 Å². The van der Waals surface area contributed by atoms with Crippen LogP contribution in [0, 0.1) is 5.92 Å². The Balaban J connectivity index is 1.24. The highest BCUT2D eigenvalue weighted by atomic mass is 32.1. The van der Waals surface area contributed by atoms with Crippen LogP contribution in [-0.4, -0.2) is 35.6 Å². The van der Waals surface area contributed by atoms with E-state index in [1.54, 1.807) is 12.0 Å². The van der Waals surface area contributed by atoms with E-state index in [1.165, 1.54) is 11.3 Å². The lowest BCUT2D eigenvalue weighted by molar-refractivity contribution is -0.122. The van der Waals surface area contributed by atoms with Crippen LogP contribution >= 0.6 is 11.3 Å². The van der Waals surface area contributed by atoms with Gasteiger partial charge in [0.2, 0.25) is 23.5 Å². The fraction of sp³-hybridized carbons (Fsp3) is 0.364. The first-order valence-corrected chi connectivity index (χ1v) is 11.1. The van der Waals surface area contributed by atoms with Gasteiger partial charge in [-0.2, -0.15) is 4.98 Å². The second-order valence-corrected chi connectivity index (χ2v) is 8.99. The number of carbonyl (C=O) groups excluding carboxylic acids is 2. The number of aromatic nitrogens is 2. The highest BCUT2D eigenvalue weighted by Crippen LogP contribution is 2.34. The van der Waals surface area contributed by atoms with Crippen molar-refractivity contribution in [1.29, 1.82) is 0 Å². The number of thiophene rings is 1. The van der Waals surface area contributed by atoms with Crippen molar-refractivity contribution < 1.29 is 18.8 Å². The molecule has 2 aliphatic rings. The lowest BCUT2D eigenvalue weighted by atomic mass is 10.1. The van der Waals surface area contributed by atoms with Gasteiger partial charge in [0.25, 0.3) is 0 Å². The van der Waals surface area contributed by atoms with Gasteiger partial charge in [-0.25, -0.2) is 0 Å². The Morgan fingerprint density at radius 3 is 2.81 bits per heavy atom. The van der Waals surface area contributed by atoms with Gasteiger partial charge >= 0.3 is 0 Å². The molecule has 1 atom stereocenters. The molecule has 1 aliphatic heterocycles. The smallest absolute Gasteiger partial charge is 0.232 e. The minimum atomic E-state index is -0.145. The number of hydrogen-bond acceptors (Lipinski definition) is 7. The number of methoxy groups -OCH3 is 1. The molecule has 3 aromatic rings. The maximum atomic E-state index is 12.5. The molecule has 0 bridgehead atoms. The molecule has 1 saturated carbocycles. The van der Waals surface area contributed by atoms with Crippen molar-refractivity contribution in [2.24, 2.45) is 5.92 Å². The monoisotopic (exact) mass is 438 g/mol. The van der Waals surface area contributed by atoms with Crippen LogP contribution in [0.2, 0.25) is 0 Å². The van der Waals surface area contributed by atoms with Crippen molar-refractivity contribution >= 4 is 28.8 Å². The molecule has 160 valence electrons. The van der Waals surface area contributed by atoms with E-state index in [4.69, 9.17) is 9.26 Å². The zero-order valence-electron chi connectivity index (χ0n) is 17.0. The zero-order valence-corrected chi connectivity index (χ0v) is 17.9. The molecule has 0 unspecified atom stereocenters. The van der Waals surface area contributed by atoms with E-state index < -0.39 is 0 Å². The van der Waals surface area contributed by atoms with Gasteiger partial charge in [0.05, 0.1) is 24.4 Å². The Morgan fingerprint density at radius 1 is 1.26 bits per heavy atom. The Hall–Kier alpha value is -3.20. The lowest BCUT2D eigenvalue weighted by Crippen LogP contribution is -2.24. The van der Waals surface area contributed by atoms with E-state index in [-0.39, 0.29) is 23.7 Å². The van der Waals surface area contributed by atoms with Crippen molar-refractivity contribution in [1.82, 2.24) is 15.5 Å². The molecule has 2 amide bonds. The summed E-state index contributed by atoms with van der Waals surface area (Å²) < 4.78 is 10.7. The Kier molecular flexibility index (Phi) is 5.19. The van der Waals surface area contributed by atoms with Crippen LogP contribution in [-0.2, 0) is 16.1 Å². The van der Waals surface area contributed by atoms with E-state index in [1.807, 2.05) is 36.4 Å². The second-order valence-electron chi connectivity index (χ2n) is 7.82. The van der Waals surface area contributed by atoms with Crippen LogP contribution in [0.15, 0.2) is 40.9 Å². The molecule has 0 radical (unpaired) electrons. The first-order valence-electron chi connectivity index (χ1n) is 10.3. The molecule has 1 aromatic carbocycles. The summed E-state index contributed by atoms with van der Waals surface area (Å²) in [6.45, 7) is 1.01. The van der Waals surface area contributed by atoms with Crippen molar-refractivity contribution in [2.45, 2.75) is 31.7 Å². The summed E-state index contributed by atoms with van der Waals surface area (Å²) in [6, 6.07) is 11.3. The van der Waals surface area contributed by atoms with E-state index in [0.29, 0.717) is 31.2 Å². The third kappa shape index (κ3) is 4.18. The second kappa shape index (κ2) is 8.14. The SMILES string of the molecule is COc1ccc(N2C[C@H](c3nc(-c4ccc(CNC(=O)C5CC5)s4)no3)CC2=O)cc1. The van der Waals surface area contributed by atoms with Crippen molar-refractivity contribution in [3.05, 3.63) is 47.2 Å². The number of rotatable bonds is 7. The average molecular weight is 439 g/mol. The highest BCUT2D eigenvalue weighted by molar-refractivity contribution is 7.15. The number of benzene rings is 1. The molecular weight excluding hydrogens is 416 g/mol. The van der Waals surface area contributed by atoms with Gasteiger partial charge in [0.1, 0.15) is 5.75 Å². The third-order valence-electron chi connectivity index (χ3n) is 5.57. The molecule has 5 rings (SSSR count). The summed E-state index contributed by atoms with van der Waals surface area (Å²) in [5.74, 6) is 1.94. The molecule has 0 spiro atoms. The highest BCUT2D eigenvalue weighted by Gasteiger charge is 2.35. The quantitative estimate of drug-likeness (QED) is 0.608. The largest absolute Gasteiger partial charge is 0.497 e. The molecule has 9 heteroatoms. The van der Waals surface area contributed by atoms with Gasteiger partial charge in [-0.05, 0) is 49.2 Å². The van der Waals surface area contributed by atoms with Gasteiger partial charge in [0, 0.05) is 29.4 Å². The van der Waals surface area contributed by atoms with Crippen LogP contribution in [0.5, 0.6) is 5.75 Å². The van der Waals surface area contributed by atoms with Crippen LogP contribution in [0.4, 0.5) is 5.69 Å². The molecule has 1 saturated heterocycles. The molecule has 8 nitrogen and oxygen atoms in total. The van der Waals surface area contributed by atoms with Gasteiger partial charge in [-0.15, -0.1) is 11.3 Å². The molecule has 2 aromatic heterocycles. The predicted molar refractivity (Wildman–Crippen MR) is 115 cm³/mol. The molecule has 2 fully saturated rings. The summed E-state index contributed by atoms with van der Waals surface area (Å²) in [4.78, 5) is 32.6. The maximum Gasteiger partial charge on any atom is 0.232 e. The number of anilines is 1. The maximum absolute atomic E-state index is 12.5. The number of ether oxygens (including phenoxy) is 1. The average Bonchev–Trinajstić information content (AvgIpc) is 3.17. The van der Waals surface area contributed by atoms with E-state index in [9.17, 15) is 9.59 Å². The minimum absolute atomic E-state index is 0.0275. The van der Waals surface area contributed by atoms with E-state index in [0.717, 1.165) is 34.0 Å². The first-order chi connectivity index (χ1) is 15.1. The first kappa shape index (κ1) is 19.7. The molecule has 1 N–H and O–H groups in total. The topological polar surface area (TPSA) is 97.6 Å². The van der Waals surface area contributed by atoms with E-state index in [2.05, 4.69) is 15.5 Å². The molecule has 31 heavy (non-hydrogen) atoms. The normalized spacial score (nSPS) is 18.4. The van der Waals surface area contributed by atoms with Gasteiger partial charge < -0.3 is 19.5 Å². The van der Waals surface area contributed by atoms with Gasteiger partial charge in [-0.3, -0.25) is 9.59 Å². The van der Waals surface area contributed by atoms with Crippen LogP contribution in [0.25, 0.3) is 10.7 Å². The zero-order chi connectivity index (χ0) is 21.4. The fourth-order valence-corrected chi connectivity index (χ4v) is 4.52. The third-order valence-corrected chi connectivity index (χ3v) is 6.65. The minimum Gasteiger partial charge on any atom is -0.497 e. The number of nitrogens with zero attached hydrogens (tertiary/aromatic N) is 3. The summed E-state index contributed by atoms with van der Waals surface area (Å²) in [5.41, 5.74) is 0.823. The van der Waals surface area contributed by atoms with Crippen molar-refractivity contribution in [3.63, 3.8) is 0 Å². The molecular formula is C22H22N4O4S. The number of nitrogens with one attached hydrogen (secondary N) is 1. The van der Waals surface area contributed by atoms with Crippen LogP contribution < -0.4 is 15.0 Å². The Labute approximate surface area is 183 Å².